The molecule has 1 aromatic heterocycles. The van der Waals surface area contributed by atoms with E-state index in [2.05, 4.69) is 0 Å². The molecule has 1 aliphatic rings. The second-order valence-electron chi connectivity index (χ2n) is 5.72. The summed E-state index contributed by atoms with van der Waals surface area (Å²) in [7, 11) is -3.89. The Morgan fingerprint density at radius 1 is 1.28 bits per heavy atom. The first kappa shape index (κ1) is 17.4. The first-order valence-electron chi connectivity index (χ1n) is 7.51. The normalized spacial score (nSPS) is 14.2. The lowest BCUT2D eigenvalue weighted by Gasteiger charge is -2.30. The number of amides is 1. The van der Waals surface area contributed by atoms with Gasteiger partial charge < -0.3 is 10.8 Å². The number of sulfonamides is 1. The van der Waals surface area contributed by atoms with E-state index in [1.807, 2.05) is 0 Å². The SMILES string of the molecule is Cc1sc(C(=O)O)cc1S(=O)(=O)N1CCCc2cc(C(N)=O)ccc21. The third-order valence-electron chi connectivity index (χ3n) is 4.09. The Labute approximate surface area is 148 Å². The zero-order chi connectivity index (χ0) is 18.4. The molecular weight excluding hydrogens is 364 g/mol. The van der Waals surface area contributed by atoms with Crippen molar-refractivity contribution in [3.05, 3.63) is 45.1 Å². The van der Waals surface area contributed by atoms with Crippen LogP contribution in [0.4, 0.5) is 5.69 Å². The second kappa shape index (κ2) is 6.16. The number of primary amides is 1. The van der Waals surface area contributed by atoms with Crippen molar-refractivity contribution in [3.63, 3.8) is 0 Å². The highest BCUT2D eigenvalue weighted by Crippen LogP contribution is 2.35. The molecule has 3 N–H and O–H groups in total. The van der Waals surface area contributed by atoms with E-state index in [1.54, 1.807) is 19.1 Å². The molecule has 1 aromatic carbocycles. The van der Waals surface area contributed by atoms with Crippen molar-refractivity contribution < 1.29 is 23.1 Å². The lowest BCUT2D eigenvalue weighted by Crippen LogP contribution is -2.35. The number of rotatable bonds is 4. The summed E-state index contributed by atoms with van der Waals surface area (Å²) in [4.78, 5) is 22.9. The quantitative estimate of drug-likeness (QED) is 0.841. The molecule has 0 fully saturated rings. The van der Waals surface area contributed by atoms with Gasteiger partial charge in [0.05, 0.1) is 5.69 Å². The van der Waals surface area contributed by atoms with E-state index in [0.29, 0.717) is 35.5 Å². The number of thiophene rings is 1. The van der Waals surface area contributed by atoms with E-state index < -0.39 is 21.9 Å². The standard InChI is InChI=1S/C16H16N2O5S2/c1-9-14(8-13(24-9)16(20)21)25(22,23)18-6-2-3-10-7-11(15(17)19)4-5-12(10)18/h4-5,7-8H,2-3,6H2,1H3,(H2,17,19)(H,20,21). The highest BCUT2D eigenvalue weighted by Gasteiger charge is 2.32. The molecule has 0 spiro atoms. The Hall–Kier alpha value is -2.39. The van der Waals surface area contributed by atoms with Gasteiger partial charge in [0.1, 0.15) is 9.77 Å². The predicted octanol–water partition coefficient (Wildman–Crippen LogP) is 2.00. The van der Waals surface area contributed by atoms with Crippen molar-refractivity contribution in [2.45, 2.75) is 24.7 Å². The third-order valence-corrected chi connectivity index (χ3v) is 7.20. The van der Waals surface area contributed by atoms with Crippen molar-refractivity contribution in [1.29, 1.82) is 0 Å². The van der Waals surface area contributed by atoms with Gasteiger partial charge in [-0.15, -0.1) is 11.3 Å². The van der Waals surface area contributed by atoms with Crippen LogP contribution < -0.4 is 10.0 Å². The fourth-order valence-corrected chi connectivity index (χ4v) is 5.85. The zero-order valence-electron chi connectivity index (χ0n) is 13.4. The minimum atomic E-state index is -3.89. The van der Waals surface area contributed by atoms with Crippen LogP contribution in [0, 0.1) is 6.92 Å². The maximum Gasteiger partial charge on any atom is 0.345 e. The van der Waals surface area contributed by atoms with Gasteiger partial charge in [-0.3, -0.25) is 9.10 Å². The van der Waals surface area contributed by atoms with E-state index in [9.17, 15) is 18.0 Å². The van der Waals surface area contributed by atoms with Crippen molar-refractivity contribution >= 4 is 38.9 Å². The number of nitrogens with two attached hydrogens (primary N) is 1. The molecular formula is C16H16N2O5S2. The summed E-state index contributed by atoms with van der Waals surface area (Å²) in [6.07, 6.45) is 1.24. The molecule has 0 aliphatic carbocycles. The van der Waals surface area contributed by atoms with Crippen LogP contribution >= 0.6 is 11.3 Å². The van der Waals surface area contributed by atoms with Crippen LogP contribution in [0.1, 0.15) is 36.9 Å². The number of hydrogen-bond acceptors (Lipinski definition) is 5. The molecule has 132 valence electrons. The van der Waals surface area contributed by atoms with E-state index in [4.69, 9.17) is 10.8 Å². The summed E-state index contributed by atoms with van der Waals surface area (Å²) in [5, 5.41) is 9.10. The number of anilines is 1. The van der Waals surface area contributed by atoms with Gasteiger partial charge in [0, 0.05) is 17.0 Å². The third kappa shape index (κ3) is 3.00. The molecule has 9 heteroatoms. The second-order valence-corrected chi connectivity index (χ2v) is 8.81. The van der Waals surface area contributed by atoms with Gasteiger partial charge in [0.2, 0.25) is 5.91 Å². The van der Waals surface area contributed by atoms with Gasteiger partial charge in [-0.2, -0.15) is 0 Å². The largest absolute Gasteiger partial charge is 0.477 e. The number of aromatic carboxylic acids is 1. The lowest BCUT2D eigenvalue weighted by molar-refractivity contribution is 0.0701. The van der Waals surface area contributed by atoms with E-state index in [1.165, 1.54) is 16.4 Å². The minimum Gasteiger partial charge on any atom is -0.477 e. The molecule has 0 atom stereocenters. The highest BCUT2D eigenvalue weighted by atomic mass is 32.2. The zero-order valence-corrected chi connectivity index (χ0v) is 15.0. The number of nitrogens with zero attached hydrogens (tertiary/aromatic N) is 1. The topological polar surface area (TPSA) is 118 Å². The smallest absolute Gasteiger partial charge is 0.345 e. The summed E-state index contributed by atoms with van der Waals surface area (Å²) in [5.74, 6) is -1.72. The van der Waals surface area contributed by atoms with Gasteiger partial charge in [-0.25, -0.2) is 13.2 Å². The maximum absolute atomic E-state index is 13.1. The van der Waals surface area contributed by atoms with Gasteiger partial charge >= 0.3 is 5.97 Å². The summed E-state index contributed by atoms with van der Waals surface area (Å²) >= 11 is 0.934. The molecule has 7 nitrogen and oxygen atoms in total. The van der Waals surface area contributed by atoms with E-state index in [-0.39, 0.29) is 9.77 Å². The molecule has 3 rings (SSSR count). The minimum absolute atomic E-state index is 0.00160. The van der Waals surface area contributed by atoms with Crippen LogP contribution in [0.5, 0.6) is 0 Å². The van der Waals surface area contributed by atoms with Crippen LogP contribution in [-0.4, -0.2) is 31.9 Å². The van der Waals surface area contributed by atoms with Gasteiger partial charge in [-0.05, 0) is 49.6 Å². The Balaban J connectivity index is 2.08. The van der Waals surface area contributed by atoms with Crippen molar-refractivity contribution in [2.75, 3.05) is 10.8 Å². The van der Waals surface area contributed by atoms with Gasteiger partial charge in [0.15, 0.2) is 0 Å². The van der Waals surface area contributed by atoms with Crippen molar-refractivity contribution in [2.24, 2.45) is 5.73 Å². The molecule has 1 amide bonds. The highest BCUT2D eigenvalue weighted by molar-refractivity contribution is 7.93. The number of benzene rings is 1. The van der Waals surface area contributed by atoms with E-state index >= 15 is 0 Å². The summed E-state index contributed by atoms with van der Waals surface area (Å²) in [6.45, 7) is 1.88. The van der Waals surface area contributed by atoms with Crippen LogP contribution in [0.3, 0.4) is 0 Å². The fraction of sp³-hybridized carbons (Fsp3) is 0.250. The van der Waals surface area contributed by atoms with Crippen LogP contribution in [0.2, 0.25) is 0 Å². The number of hydrogen-bond donors (Lipinski definition) is 2. The predicted molar refractivity (Wildman–Crippen MR) is 93.8 cm³/mol. The van der Waals surface area contributed by atoms with Gasteiger partial charge in [0.25, 0.3) is 10.0 Å². The molecule has 0 saturated heterocycles. The summed E-state index contributed by atoms with van der Waals surface area (Å²) in [5.41, 5.74) is 6.85. The van der Waals surface area contributed by atoms with Crippen LogP contribution in [0.15, 0.2) is 29.2 Å². The first-order chi connectivity index (χ1) is 11.7. The van der Waals surface area contributed by atoms with Crippen molar-refractivity contribution in [1.82, 2.24) is 0 Å². The fourth-order valence-electron chi connectivity index (χ4n) is 2.91. The molecule has 0 unspecified atom stereocenters. The molecule has 25 heavy (non-hydrogen) atoms. The first-order valence-corrected chi connectivity index (χ1v) is 9.76. The molecule has 2 aromatic rings. The summed E-state index contributed by atoms with van der Waals surface area (Å²) < 4.78 is 27.4. The number of aryl methyl sites for hydroxylation is 2. The number of carboxylic acid groups (broad SMARTS) is 1. The lowest BCUT2D eigenvalue weighted by atomic mass is 10.0. The van der Waals surface area contributed by atoms with E-state index in [0.717, 1.165) is 16.9 Å². The van der Waals surface area contributed by atoms with Crippen molar-refractivity contribution in [3.8, 4) is 0 Å². The average molecular weight is 380 g/mol. The number of carbonyl (C=O) groups is 2. The number of fused-ring (bicyclic) bond motifs is 1. The molecule has 0 saturated carbocycles. The molecule has 0 radical (unpaired) electrons. The Morgan fingerprint density at radius 3 is 2.60 bits per heavy atom. The average Bonchev–Trinajstić information content (AvgIpc) is 2.96. The maximum atomic E-state index is 13.1. The molecule has 2 heterocycles. The number of carboxylic acids is 1. The summed E-state index contributed by atoms with van der Waals surface area (Å²) in [6, 6.07) is 5.89. The monoisotopic (exact) mass is 380 g/mol. The molecule has 1 aliphatic heterocycles. The Morgan fingerprint density at radius 2 is 2.00 bits per heavy atom. The van der Waals surface area contributed by atoms with Gasteiger partial charge in [-0.1, -0.05) is 0 Å². The van der Waals surface area contributed by atoms with Crippen LogP contribution in [0.25, 0.3) is 0 Å². The van der Waals surface area contributed by atoms with Crippen LogP contribution in [-0.2, 0) is 16.4 Å². The Bertz CT molecular complexity index is 978. The molecule has 0 bridgehead atoms. The Kier molecular flexibility index (Phi) is 4.29. The number of carbonyl (C=O) groups excluding carboxylic acids is 1.